The maximum absolute atomic E-state index is 9.97. The minimum absolute atomic E-state index is 0.597. The fourth-order valence-corrected chi connectivity index (χ4v) is 2.15. The zero-order valence-corrected chi connectivity index (χ0v) is 12.8. The Bertz CT molecular complexity index is 609. The maximum atomic E-state index is 9.97. The van der Waals surface area contributed by atoms with E-state index in [1.165, 1.54) is 0 Å². The molecular formula is C17H21NO3. The molecule has 0 heterocycles. The molecule has 0 amide bonds. The van der Waals surface area contributed by atoms with Crippen LogP contribution in [0, 0.1) is 0 Å². The Labute approximate surface area is 125 Å². The lowest BCUT2D eigenvalue weighted by Crippen LogP contribution is -2.08. The van der Waals surface area contributed by atoms with Gasteiger partial charge >= 0.3 is 0 Å². The topological polar surface area (TPSA) is 41.9 Å². The van der Waals surface area contributed by atoms with Gasteiger partial charge in [-0.05, 0) is 31.2 Å². The van der Waals surface area contributed by atoms with Crippen molar-refractivity contribution in [1.29, 1.82) is 0 Å². The van der Waals surface area contributed by atoms with Crippen molar-refractivity contribution in [3.05, 3.63) is 48.0 Å². The summed E-state index contributed by atoms with van der Waals surface area (Å²) in [4.78, 5) is 2.01. The first-order valence-electron chi connectivity index (χ1n) is 6.83. The minimum Gasteiger partial charge on any atom is -0.496 e. The molecule has 0 saturated carbocycles. The van der Waals surface area contributed by atoms with E-state index < -0.39 is 6.10 Å². The number of rotatable bonds is 5. The highest BCUT2D eigenvalue weighted by atomic mass is 16.5. The van der Waals surface area contributed by atoms with E-state index in [0.717, 1.165) is 11.4 Å². The molecule has 2 rings (SSSR count). The van der Waals surface area contributed by atoms with E-state index in [-0.39, 0.29) is 0 Å². The SMILES string of the molecule is COc1cccc(Oc2cccc(N(C)C)c2)c1[C@H](C)O. The fraction of sp³-hybridized carbons (Fsp3) is 0.294. The Morgan fingerprint density at radius 3 is 2.33 bits per heavy atom. The third-order valence-electron chi connectivity index (χ3n) is 3.23. The van der Waals surface area contributed by atoms with Gasteiger partial charge in [0.15, 0.2) is 0 Å². The average molecular weight is 287 g/mol. The molecule has 1 atom stereocenters. The van der Waals surface area contributed by atoms with Gasteiger partial charge in [-0.2, -0.15) is 0 Å². The van der Waals surface area contributed by atoms with Gasteiger partial charge in [0, 0.05) is 25.8 Å². The molecule has 0 aliphatic carbocycles. The van der Waals surface area contributed by atoms with Crippen LogP contribution in [0.4, 0.5) is 5.69 Å². The van der Waals surface area contributed by atoms with Gasteiger partial charge in [0.25, 0.3) is 0 Å². The number of aliphatic hydroxyl groups is 1. The molecule has 0 aliphatic heterocycles. The number of anilines is 1. The van der Waals surface area contributed by atoms with Crippen molar-refractivity contribution >= 4 is 5.69 Å². The number of nitrogens with zero attached hydrogens (tertiary/aromatic N) is 1. The zero-order valence-electron chi connectivity index (χ0n) is 12.8. The van der Waals surface area contributed by atoms with E-state index in [4.69, 9.17) is 9.47 Å². The maximum Gasteiger partial charge on any atom is 0.136 e. The van der Waals surface area contributed by atoms with Crippen LogP contribution in [0.2, 0.25) is 0 Å². The van der Waals surface area contributed by atoms with Crippen LogP contribution in [0.3, 0.4) is 0 Å². The smallest absolute Gasteiger partial charge is 0.136 e. The second-order valence-electron chi connectivity index (χ2n) is 5.04. The first-order chi connectivity index (χ1) is 10.0. The number of methoxy groups -OCH3 is 1. The predicted octanol–water partition coefficient (Wildman–Crippen LogP) is 3.61. The second-order valence-corrected chi connectivity index (χ2v) is 5.04. The predicted molar refractivity (Wildman–Crippen MR) is 84.5 cm³/mol. The Hall–Kier alpha value is -2.20. The highest BCUT2D eigenvalue weighted by Crippen LogP contribution is 2.36. The van der Waals surface area contributed by atoms with Gasteiger partial charge in [-0.1, -0.05) is 12.1 Å². The molecule has 0 radical (unpaired) electrons. The molecule has 4 nitrogen and oxygen atoms in total. The van der Waals surface area contributed by atoms with Crippen molar-refractivity contribution in [2.75, 3.05) is 26.1 Å². The third kappa shape index (κ3) is 3.47. The van der Waals surface area contributed by atoms with Crippen molar-refractivity contribution in [1.82, 2.24) is 0 Å². The van der Waals surface area contributed by atoms with Crippen LogP contribution in [0.15, 0.2) is 42.5 Å². The van der Waals surface area contributed by atoms with Crippen LogP contribution in [0.1, 0.15) is 18.6 Å². The molecule has 0 bridgehead atoms. The first kappa shape index (κ1) is 15.2. The molecule has 0 spiro atoms. The molecular weight excluding hydrogens is 266 g/mol. The Balaban J connectivity index is 2.37. The van der Waals surface area contributed by atoms with E-state index >= 15 is 0 Å². The summed E-state index contributed by atoms with van der Waals surface area (Å²) in [5.41, 5.74) is 1.70. The van der Waals surface area contributed by atoms with Crippen LogP contribution >= 0.6 is 0 Å². The number of benzene rings is 2. The minimum atomic E-state index is -0.673. The van der Waals surface area contributed by atoms with Gasteiger partial charge in [0.1, 0.15) is 17.2 Å². The van der Waals surface area contributed by atoms with Crippen LogP contribution in [-0.4, -0.2) is 26.3 Å². The number of aliphatic hydroxyl groups excluding tert-OH is 1. The quantitative estimate of drug-likeness (QED) is 0.912. The monoisotopic (exact) mass is 287 g/mol. The van der Waals surface area contributed by atoms with Gasteiger partial charge in [-0.15, -0.1) is 0 Å². The Morgan fingerprint density at radius 1 is 1.05 bits per heavy atom. The van der Waals surface area contributed by atoms with E-state index in [1.807, 2.05) is 61.5 Å². The lowest BCUT2D eigenvalue weighted by molar-refractivity contribution is 0.190. The normalized spacial score (nSPS) is 11.9. The van der Waals surface area contributed by atoms with Gasteiger partial charge in [-0.3, -0.25) is 0 Å². The number of hydrogen-bond acceptors (Lipinski definition) is 4. The molecule has 2 aromatic carbocycles. The summed E-state index contributed by atoms with van der Waals surface area (Å²) in [5.74, 6) is 1.93. The van der Waals surface area contributed by atoms with Crippen molar-refractivity contribution in [2.45, 2.75) is 13.0 Å². The largest absolute Gasteiger partial charge is 0.496 e. The molecule has 0 fully saturated rings. The zero-order chi connectivity index (χ0) is 15.4. The van der Waals surface area contributed by atoms with Crippen LogP contribution in [0.25, 0.3) is 0 Å². The van der Waals surface area contributed by atoms with Gasteiger partial charge in [-0.25, -0.2) is 0 Å². The third-order valence-corrected chi connectivity index (χ3v) is 3.23. The summed E-state index contributed by atoms with van der Waals surface area (Å²) in [5, 5.41) is 9.97. The van der Waals surface area contributed by atoms with Crippen LogP contribution in [-0.2, 0) is 0 Å². The van der Waals surface area contributed by atoms with Crippen molar-refractivity contribution in [2.24, 2.45) is 0 Å². The molecule has 112 valence electrons. The van der Waals surface area contributed by atoms with Gasteiger partial charge in [0.05, 0.1) is 18.8 Å². The summed E-state index contributed by atoms with van der Waals surface area (Å²) in [6.45, 7) is 1.70. The second kappa shape index (κ2) is 6.50. The molecule has 4 heteroatoms. The molecule has 1 N–H and O–H groups in total. The van der Waals surface area contributed by atoms with Gasteiger partial charge in [0.2, 0.25) is 0 Å². The molecule has 2 aromatic rings. The van der Waals surface area contributed by atoms with E-state index in [2.05, 4.69) is 0 Å². The highest BCUT2D eigenvalue weighted by Gasteiger charge is 2.16. The average Bonchev–Trinajstić information content (AvgIpc) is 2.46. The lowest BCUT2D eigenvalue weighted by atomic mass is 10.1. The summed E-state index contributed by atoms with van der Waals surface area (Å²) in [7, 11) is 5.54. The summed E-state index contributed by atoms with van der Waals surface area (Å²) < 4.78 is 11.2. The summed E-state index contributed by atoms with van der Waals surface area (Å²) in [6, 6.07) is 13.3. The molecule has 0 aliphatic rings. The first-order valence-corrected chi connectivity index (χ1v) is 6.83. The highest BCUT2D eigenvalue weighted by molar-refractivity contribution is 5.52. The van der Waals surface area contributed by atoms with Gasteiger partial charge < -0.3 is 19.5 Å². The summed E-state index contributed by atoms with van der Waals surface area (Å²) in [6.07, 6.45) is -0.673. The fourth-order valence-electron chi connectivity index (χ4n) is 2.15. The van der Waals surface area contributed by atoms with E-state index in [0.29, 0.717) is 17.1 Å². The molecule has 0 aromatic heterocycles. The lowest BCUT2D eigenvalue weighted by Gasteiger charge is -2.18. The Morgan fingerprint density at radius 2 is 1.71 bits per heavy atom. The number of ether oxygens (including phenoxy) is 2. The van der Waals surface area contributed by atoms with Crippen molar-refractivity contribution in [3.8, 4) is 17.2 Å². The van der Waals surface area contributed by atoms with E-state index in [9.17, 15) is 5.11 Å². The van der Waals surface area contributed by atoms with Crippen LogP contribution in [0.5, 0.6) is 17.2 Å². The summed E-state index contributed by atoms with van der Waals surface area (Å²) >= 11 is 0. The van der Waals surface area contributed by atoms with Crippen molar-refractivity contribution < 1.29 is 14.6 Å². The molecule has 21 heavy (non-hydrogen) atoms. The van der Waals surface area contributed by atoms with E-state index in [1.54, 1.807) is 14.0 Å². The standard InChI is InChI=1S/C17H21NO3/c1-12(19)17-15(20-4)9-6-10-16(17)21-14-8-5-7-13(11-14)18(2)3/h5-12,19H,1-4H3/t12-/m0/s1. The van der Waals surface area contributed by atoms with Crippen LogP contribution < -0.4 is 14.4 Å². The molecule has 0 saturated heterocycles. The Kier molecular flexibility index (Phi) is 4.70. The number of hydrogen-bond donors (Lipinski definition) is 1. The van der Waals surface area contributed by atoms with Crippen molar-refractivity contribution in [3.63, 3.8) is 0 Å². The molecule has 0 unspecified atom stereocenters.